The summed E-state index contributed by atoms with van der Waals surface area (Å²) in [6.07, 6.45) is 14.4. The number of hydrogen-bond acceptors (Lipinski definition) is 5. The molecule has 0 aromatic rings. The number of nitrogens with zero attached hydrogens (tertiary/aromatic N) is 1. The second-order valence-corrected chi connectivity index (χ2v) is 13.0. The van der Waals surface area contributed by atoms with E-state index in [0.29, 0.717) is 29.6 Å². The average molecular weight is 525 g/mol. The molecule has 4 N–H and O–H groups in total. The van der Waals surface area contributed by atoms with Gasteiger partial charge in [-0.25, -0.2) is 0 Å². The van der Waals surface area contributed by atoms with Crippen LogP contribution in [0.1, 0.15) is 73.1 Å². The Morgan fingerprint density at radius 1 is 1.18 bits per heavy atom. The van der Waals surface area contributed by atoms with Crippen molar-refractivity contribution >= 4 is 11.7 Å². The average Bonchev–Trinajstić information content (AvgIpc) is 3.16. The first kappa shape index (κ1) is 30.2. The molecule has 0 spiro atoms. The summed E-state index contributed by atoms with van der Waals surface area (Å²) in [4.78, 5) is 26.2. The van der Waals surface area contributed by atoms with E-state index in [-0.39, 0.29) is 30.0 Å². The zero-order valence-electron chi connectivity index (χ0n) is 24.6. The minimum Gasteiger partial charge on any atom is -0.384 e. The number of amides is 1. The summed E-state index contributed by atoms with van der Waals surface area (Å²) in [6.45, 7) is 21.4. The lowest BCUT2D eigenvalue weighted by Crippen LogP contribution is -2.49. The third kappa shape index (κ3) is 6.99. The summed E-state index contributed by atoms with van der Waals surface area (Å²) < 4.78 is 0. The van der Waals surface area contributed by atoms with Crippen molar-refractivity contribution in [3.05, 3.63) is 48.9 Å². The van der Waals surface area contributed by atoms with Crippen LogP contribution in [0.5, 0.6) is 0 Å². The van der Waals surface area contributed by atoms with Gasteiger partial charge in [-0.1, -0.05) is 72.1 Å². The van der Waals surface area contributed by atoms with E-state index < -0.39 is 11.7 Å². The Bertz CT molecular complexity index is 949. The van der Waals surface area contributed by atoms with Crippen LogP contribution in [-0.2, 0) is 9.59 Å². The van der Waals surface area contributed by atoms with E-state index in [1.807, 2.05) is 0 Å². The second-order valence-electron chi connectivity index (χ2n) is 13.0. The van der Waals surface area contributed by atoms with E-state index in [9.17, 15) is 9.59 Å². The molecular weight excluding hydrogens is 472 g/mol. The van der Waals surface area contributed by atoms with Gasteiger partial charge in [-0.05, 0) is 74.2 Å². The van der Waals surface area contributed by atoms with Crippen LogP contribution >= 0.6 is 0 Å². The monoisotopic (exact) mass is 524 g/mol. The highest BCUT2D eigenvalue weighted by molar-refractivity contribution is 6.35. The molecule has 38 heavy (non-hydrogen) atoms. The number of rotatable bonds is 12. The van der Waals surface area contributed by atoms with E-state index in [4.69, 9.17) is 5.73 Å². The SMILES string of the molecule is C=C(NC(CC(=O)C(N)=O)CC(C)C)C1[C@@H]2[C@H](CN1C(=C)C(NC)C1CC/C=C\C/C=C\C(C)C1)C2(C)C. The molecule has 5 unspecified atom stereocenters. The topological polar surface area (TPSA) is 87.5 Å². The molecule has 1 saturated carbocycles. The van der Waals surface area contributed by atoms with E-state index in [1.165, 1.54) is 0 Å². The maximum atomic E-state index is 12.2. The minimum atomic E-state index is -0.869. The van der Waals surface area contributed by atoms with Gasteiger partial charge in [-0.15, -0.1) is 0 Å². The third-order valence-electron chi connectivity index (χ3n) is 9.21. The number of likely N-dealkylation sites (tertiary alicyclic amines) is 1. The zero-order valence-corrected chi connectivity index (χ0v) is 24.6. The van der Waals surface area contributed by atoms with E-state index in [1.54, 1.807) is 0 Å². The van der Waals surface area contributed by atoms with Gasteiger partial charge >= 0.3 is 0 Å². The molecular formula is C32H52N4O2. The van der Waals surface area contributed by atoms with Crippen molar-refractivity contribution in [3.8, 4) is 0 Å². The number of carbonyl (C=O) groups excluding carboxylic acids is 2. The van der Waals surface area contributed by atoms with Crippen molar-refractivity contribution in [2.45, 2.75) is 91.3 Å². The molecule has 3 aliphatic rings. The first-order valence-corrected chi connectivity index (χ1v) is 14.6. The van der Waals surface area contributed by atoms with Crippen LogP contribution in [-0.4, -0.2) is 48.3 Å². The number of nitrogens with two attached hydrogens (primary N) is 1. The Kier molecular flexibility index (Phi) is 10.1. The molecule has 2 fully saturated rings. The molecule has 212 valence electrons. The fourth-order valence-corrected chi connectivity index (χ4v) is 7.16. The molecule has 2 aliphatic carbocycles. The number of likely N-dealkylation sites (N-methyl/N-ethyl adjacent to an activating group) is 1. The predicted molar refractivity (Wildman–Crippen MR) is 157 cm³/mol. The lowest BCUT2D eigenvalue weighted by molar-refractivity contribution is -0.136. The van der Waals surface area contributed by atoms with Gasteiger partial charge in [-0.3, -0.25) is 9.59 Å². The highest BCUT2D eigenvalue weighted by Crippen LogP contribution is 2.66. The third-order valence-corrected chi connectivity index (χ3v) is 9.21. The normalized spacial score (nSPS) is 31.6. The summed E-state index contributed by atoms with van der Waals surface area (Å²) >= 11 is 0. The van der Waals surface area contributed by atoms with Crippen molar-refractivity contribution in [2.24, 2.45) is 40.7 Å². The Balaban J connectivity index is 1.81. The fourth-order valence-electron chi connectivity index (χ4n) is 7.16. The highest BCUT2D eigenvalue weighted by Gasteiger charge is 2.67. The van der Waals surface area contributed by atoms with Crippen LogP contribution in [0.2, 0.25) is 0 Å². The molecule has 6 heteroatoms. The molecule has 1 amide bonds. The van der Waals surface area contributed by atoms with Crippen LogP contribution in [0.25, 0.3) is 0 Å². The lowest BCUT2D eigenvalue weighted by Gasteiger charge is -2.41. The van der Waals surface area contributed by atoms with Gasteiger partial charge in [0.05, 0.1) is 6.04 Å². The molecule has 0 aromatic carbocycles. The Morgan fingerprint density at radius 2 is 1.89 bits per heavy atom. The van der Waals surface area contributed by atoms with Gasteiger partial charge in [0.25, 0.3) is 5.91 Å². The highest BCUT2D eigenvalue weighted by atomic mass is 16.2. The second kappa shape index (κ2) is 12.7. The van der Waals surface area contributed by atoms with E-state index in [0.717, 1.165) is 50.0 Å². The zero-order chi connectivity index (χ0) is 28.2. The molecule has 6 nitrogen and oxygen atoms in total. The maximum absolute atomic E-state index is 12.2. The van der Waals surface area contributed by atoms with Gasteiger partial charge in [0.1, 0.15) is 0 Å². The Hall–Kier alpha value is -2.34. The Morgan fingerprint density at radius 3 is 2.53 bits per heavy atom. The number of piperidine rings is 1. The summed E-state index contributed by atoms with van der Waals surface area (Å²) in [6, 6.07) is 0.113. The van der Waals surface area contributed by atoms with Crippen LogP contribution in [0, 0.1) is 35.0 Å². The number of nitrogens with one attached hydrogen (secondary N) is 2. The van der Waals surface area contributed by atoms with Crippen LogP contribution in [0.15, 0.2) is 48.9 Å². The molecule has 1 saturated heterocycles. The van der Waals surface area contributed by atoms with Gasteiger partial charge in [-0.2, -0.15) is 0 Å². The Labute approximate surface area is 231 Å². The minimum absolute atomic E-state index is 0.0951. The maximum Gasteiger partial charge on any atom is 0.284 e. The number of carbonyl (C=O) groups is 2. The largest absolute Gasteiger partial charge is 0.384 e. The number of ketones is 1. The van der Waals surface area contributed by atoms with Gasteiger partial charge in [0, 0.05) is 36.4 Å². The van der Waals surface area contributed by atoms with Crippen LogP contribution in [0.3, 0.4) is 0 Å². The number of primary amides is 1. The van der Waals surface area contributed by atoms with Crippen molar-refractivity contribution in [1.29, 1.82) is 0 Å². The standard InChI is InChI=1S/C32H52N4O2/c1-20(2)16-25(18-27(37)31(33)38)35-22(4)30-28-26(32(28,6)7)19-36(30)23(5)29(34-8)24-15-13-11-9-10-12-14-21(3)17-24/h9,11-12,14,20-21,24-26,28-30,34-35H,4-5,10,13,15-19H2,1-3,6-8H3,(H2,33,38)/b11-9-,14-12-/t21?,24?,25?,26-,28-,29?,30?/m0/s1. The molecule has 0 bridgehead atoms. The quantitative estimate of drug-likeness (QED) is 0.248. The summed E-state index contributed by atoms with van der Waals surface area (Å²) in [5.74, 6) is 1.04. The first-order chi connectivity index (χ1) is 17.9. The van der Waals surface area contributed by atoms with Crippen molar-refractivity contribution < 1.29 is 9.59 Å². The molecule has 0 radical (unpaired) electrons. The fraction of sp³-hybridized carbons (Fsp3) is 0.688. The molecule has 7 atom stereocenters. The smallest absolute Gasteiger partial charge is 0.284 e. The number of fused-ring (bicyclic) bond motifs is 1. The lowest BCUT2D eigenvalue weighted by atomic mass is 9.83. The van der Waals surface area contributed by atoms with E-state index in [2.05, 4.69) is 94.7 Å². The van der Waals surface area contributed by atoms with Gasteiger partial charge in [0.15, 0.2) is 0 Å². The molecule has 3 rings (SSSR count). The molecule has 1 heterocycles. The number of Topliss-reactive ketones (excluding diaryl/α,β-unsaturated/α-hetero) is 1. The van der Waals surface area contributed by atoms with Gasteiger partial charge < -0.3 is 21.3 Å². The number of allylic oxidation sites excluding steroid dienone is 4. The number of hydrogen-bond donors (Lipinski definition) is 3. The van der Waals surface area contributed by atoms with E-state index >= 15 is 0 Å². The summed E-state index contributed by atoms with van der Waals surface area (Å²) in [5.41, 5.74) is 7.60. The van der Waals surface area contributed by atoms with Crippen molar-refractivity contribution in [3.63, 3.8) is 0 Å². The van der Waals surface area contributed by atoms with Gasteiger partial charge in [0.2, 0.25) is 5.78 Å². The molecule has 1 aliphatic heterocycles. The first-order valence-electron chi connectivity index (χ1n) is 14.6. The van der Waals surface area contributed by atoms with Crippen molar-refractivity contribution in [1.82, 2.24) is 15.5 Å². The van der Waals surface area contributed by atoms with Crippen molar-refractivity contribution in [2.75, 3.05) is 13.6 Å². The summed E-state index contributed by atoms with van der Waals surface area (Å²) in [7, 11) is 2.06. The van der Waals surface area contributed by atoms with Crippen LogP contribution in [0.4, 0.5) is 0 Å². The molecule has 0 aromatic heterocycles. The predicted octanol–water partition coefficient (Wildman–Crippen LogP) is 4.95. The van der Waals surface area contributed by atoms with Crippen LogP contribution < -0.4 is 16.4 Å². The summed E-state index contributed by atoms with van der Waals surface area (Å²) in [5, 5.41) is 7.22.